The molecule has 29 heavy (non-hydrogen) atoms. The Balaban J connectivity index is 1.37. The van der Waals surface area contributed by atoms with Crippen LogP contribution >= 0.6 is 11.6 Å². The predicted molar refractivity (Wildman–Crippen MR) is 117 cm³/mol. The van der Waals surface area contributed by atoms with E-state index in [2.05, 4.69) is 28.3 Å². The van der Waals surface area contributed by atoms with Crippen LogP contribution in [0.15, 0.2) is 54.6 Å². The number of anilines is 1. The molecule has 2 aromatic carbocycles. The van der Waals surface area contributed by atoms with Crippen molar-refractivity contribution in [3.05, 3.63) is 76.6 Å². The molecule has 1 N–H and O–H groups in total. The molecule has 0 bridgehead atoms. The minimum atomic E-state index is -0.125. The summed E-state index contributed by atoms with van der Waals surface area (Å²) < 4.78 is 1.80. The summed E-state index contributed by atoms with van der Waals surface area (Å²) in [5.41, 5.74) is 4.74. The molecule has 1 unspecified atom stereocenters. The second kappa shape index (κ2) is 8.29. The Hall–Kier alpha value is -2.79. The normalized spacial score (nSPS) is 16.2. The van der Waals surface area contributed by atoms with Crippen LogP contribution in [0.2, 0.25) is 5.02 Å². The van der Waals surface area contributed by atoms with Gasteiger partial charge in [-0.1, -0.05) is 35.9 Å². The van der Waals surface area contributed by atoms with Gasteiger partial charge in [0.2, 0.25) is 0 Å². The van der Waals surface area contributed by atoms with E-state index in [1.807, 2.05) is 55.5 Å². The Labute approximate surface area is 176 Å². The Morgan fingerprint density at radius 1 is 1.17 bits per heavy atom. The number of carbonyl (C=O) groups is 1. The third-order valence-electron chi connectivity index (χ3n) is 5.47. The number of para-hydroxylation sites is 1. The lowest BCUT2D eigenvalue weighted by molar-refractivity contribution is 0.0943. The Morgan fingerprint density at radius 3 is 2.76 bits per heavy atom. The van der Waals surface area contributed by atoms with Crippen LogP contribution in [0.3, 0.4) is 0 Å². The molecular formula is C23H25ClN4O. The monoisotopic (exact) mass is 408 g/mol. The third-order valence-corrected chi connectivity index (χ3v) is 5.70. The number of hydrogen-bond donors (Lipinski definition) is 1. The molecule has 5 nitrogen and oxygen atoms in total. The van der Waals surface area contributed by atoms with Crippen molar-refractivity contribution >= 4 is 23.2 Å². The first kappa shape index (κ1) is 19.5. The molecule has 1 saturated heterocycles. The lowest BCUT2D eigenvalue weighted by atomic mass is 10.1. The van der Waals surface area contributed by atoms with Crippen molar-refractivity contribution in [3.8, 4) is 5.69 Å². The van der Waals surface area contributed by atoms with Crippen LogP contribution in [0.5, 0.6) is 0 Å². The maximum atomic E-state index is 12.6. The van der Waals surface area contributed by atoms with Gasteiger partial charge < -0.3 is 10.2 Å². The van der Waals surface area contributed by atoms with Crippen LogP contribution < -0.4 is 10.2 Å². The van der Waals surface area contributed by atoms with E-state index in [0.29, 0.717) is 18.2 Å². The molecule has 1 aromatic heterocycles. The molecule has 6 heteroatoms. The number of halogens is 1. The van der Waals surface area contributed by atoms with Crippen LogP contribution in [-0.4, -0.2) is 35.3 Å². The Bertz CT molecular complexity index is 1010. The van der Waals surface area contributed by atoms with Crippen LogP contribution in [0.4, 0.5) is 5.69 Å². The molecule has 0 saturated carbocycles. The van der Waals surface area contributed by atoms with E-state index >= 15 is 0 Å². The largest absolute Gasteiger partial charge is 0.371 e. The van der Waals surface area contributed by atoms with Gasteiger partial charge in [-0.25, -0.2) is 4.68 Å². The van der Waals surface area contributed by atoms with Crippen molar-refractivity contribution in [1.82, 2.24) is 15.1 Å². The summed E-state index contributed by atoms with van der Waals surface area (Å²) in [5, 5.41) is 8.31. The van der Waals surface area contributed by atoms with E-state index in [0.717, 1.165) is 35.9 Å². The van der Waals surface area contributed by atoms with E-state index in [-0.39, 0.29) is 5.91 Å². The third kappa shape index (κ3) is 4.30. The van der Waals surface area contributed by atoms with Crippen molar-refractivity contribution in [2.24, 2.45) is 5.92 Å². The summed E-state index contributed by atoms with van der Waals surface area (Å²) in [6, 6.07) is 17.7. The van der Waals surface area contributed by atoms with Gasteiger partial charge in [0.25, 0.3) is 5.91 Å². The molecule has 3 aromatic rings. The molecule has 1 aliphatic heterocycles. The minimum absolute atomic E-state index is 0.125. The Kier molecular flexibility index (Phi) is 5.58. The van der Waals surface area contributed by atoms with E-state index in [1.165, 1.54) is 11.3 Å². The maximum absolute atomic E-state index is 12.6. The maximum Gasteiger partial charge on any atom is 0.271 e. The average molecular weight is 409 g/mol. The van der Waals surface area contributed by atoms with E-state index in [9.17, 15) is 4.79 Å². The van der Waals surface area contributed by atoms with Crippen molar-refractivity contribution in [2.45, 2.75) is 20.3 Å². The topological polar surface area (TPSA) is 50.2 Å². The second-order valence-electron chi connectivity index (χ2n) is 7.66. The molecule has 0 radical (unpaired) electrons. The number of hydrogen-bond acceptors (Lipinski definition) is 3. The number of nitrogens with one attached hydrogen (secondary N) is 1. The lowest BCUT2D eigenvalue weighted by Gasteiger charge is -2.21. The first-order valence-electron chi connectivity index (χ1n) is 9.92. The summed E-state index contributed by atoms with van der Waals surface area (Å²) in [6.07, 6.45) is 1.05. The van der Waals surface area contributed by atoms with Crippen LogP contribution in [0.25, 0.3) is 5.69 Å². The standard InChI is InChI=1S/C23H25ClN4O/c1-16-8-9-19(24)13-22(16)27-11-10-18(15-27)14-25-23(29)21-12-17(2)28(26-21)20-6-4-3-5-7-20/h3-9,12-13,18H,10-11,14-15H2,1-2H3,(H,25,29). The number of aryl methyl sites for hydroxylation is 2. The van der Waals surface area contributed by atoms with Gasteiger partial charge in [-0.05, 0) is 62.1 Å². The van der Waals surface area contributed by atoms with Crippen LogP contribution in [0.1, 0.15) is 28.2 Å². The molecule has 2 heterocycles. The zero-order valence-electron chi connectivity index (χ0n) is 16.7. The van der Waals surface area contributed by atoms with Gasteiger partial charge in [0.15, 0.2) is 5.69 Å². The van der Waals surface area contributed by atoms with Crippen molar-refractivity contribution in [3.63, 3.8) is 0 Å². The van der Waals surface area contributed by atoms with Crippen molar-refractivity contribution in [2.75, 3.05) is 24.5 Å². The van der Waals surface area contributed by atoms with Gasteiger partial charge in [-0.2, -0.15) is 5.10 Å². The summed E-state index contributed by atoms with van der Waals surface area (Å²) in [4.78, 5) is 15.0. The number of amides is 1. The highest BCUT2D eigenvalue weighted by Gasteiger charge is 2.25. The minimum Gasteiger partial charge on any atom is -0.371 e. The molecule has 4 rings (SSSR count). The molecule has 1 fully saturated rings. The molecule has 0 spiro atoms. The van der Waals surface area contributed by atoms with E-state index in [1.54, 1.807) is 4.68 Å². The van der Waals surface area contributed by atoms with Crippen molar-refractivity contribution < 1.29 is 4.79 Å². The van der Waals surface area contributed by atoms with Crippen LogP contribution in [-0.2, 0) is 0 Å². The highest BCUT2D eigenvalue weighted by Crippen LogP contribution is 2.29. The number of benzene rings is 2. The molecule has 150 valence electrons. The molecule has 1 amide bonds. The number of rotatable bonds is 5. The fourth-order valence-electron chi connectivity index (χ4n) is 3.88. The van der Waals surface area contributed by atoms with Gasteiger partial charge in [0.1, 0.15) is 0 Å². The van der Waals surface area contributed by atoms with Gasteiger partial charge >= 0.3 is 0 Å². The summed E-state index contributed by atoms with van der Waals surface area (Å²) in [7, 11) is 0. The lowest BCUT2D eigenvalue weighted by Crippen LogP contribution is -2.31. The highest BCUT2D eigenvalue weighted by atomic mass is 35.5. The van der Waals surface area contributed by atoms with Gasteiger partial charge in [-0.15, -0.1) is 0 Å². The van der Waals surface area contributed by atoms with Crippen molar-refractivity contribution in [1.29, 1.82) is 0 Å². The first-order chi connectivity index (χ1) is 14.0. The highest BCUT2D eigenvalue weighted by molar-refractivity contribution is 6.30. The smallest absolute Gasteiger partial charge is 0.271 e. The van der Waals surface area contributed by atoms with Gasteiger partial charge in [0, 0.05) is 36.0 Å². The quantitative estimate of drug-likeness (QED) is 0.680. The zero-order valence-corrected chi connectivity index (χ0v) is 17.5. The molecule has 1 atom stereocenters. The summed E-state index contributed by atoms with van der Waals surface area (Å²) in [5.74, 6) is 0.287. The molecule has 1 aliphatic rings. The first-order valence-corrected chi connectivity index (χ1v) is 10.3. The van der Waals surface area contributed by atoms with Gasteiger partial charge in [0.05, 0.1) is 5.69 Å². The summed E-state index contributed by atoms with van der Waals surface area (Å²) >= 11 is 6.17. The van der Waals surface area contributed by atoms with Crippen LogP contribution in [0, 0.1) is 19.8 Å². The SMILES string of the molecule is Cc1ccc(Cl)cc1N1CCC(CNC(=O)c2cc(C)n(-c3ccccc3)n2)C1. The molecule has 0 aliphatic carbocycles. The van der Waals surface area contributed by atoms with E-state index < -0.39 is 0 Å². The number of nitrogens with zero attached hydrogens (tertiary/aromatic N) is 3. The summed E-state index contributed by atoms with van der Waals surface area (Å²) in [6.45, 7) is 6.60. The molecular weight excluding hydrogens is 384 g/mol. The Morgan fingerprint density at radius 2 is 1.97 bits per heavy atom. The second-order valence-corrected chi connectivity index (χ2v) is 8.10. The van der Waals surface area contributed by atoms with Gasteiger partial charge in [-0.3, -0.25) is 4.79 Å². The fraction of sp³-hybridized carbons (Fsp3) is 0.304. The average Bonchev–Trinajstić information content (AvgIpc) is 3.35. The zero-order chi connectivity index (χ0) is 20.4. The number of carbonyl (C=O) groups excluding carboxylic acids is 1. The fourth-order valence-corrected chi connectivity index (χ4v) is 4.05. The predicted octanol–water partition coefficient (Wildman–Crippen LogP) is 4.40. The number of aromatic nitrogens is 2. The van der Waals surface area contributed by atoms with E-state index in [4.69, 9.17) is 11.6 Å².